The number of nitrogens with zero attached hydrogens (tertiary/aromatic N) is 2. The van der Waals surface area contributed by atoms with E-state index in [0.717, 1.165) is 24.5 Å². The third-order valence-electron chi connectivity index (χ3n) is 5.42. The van der Waals surface area contributed by atoms with Gasteiger partial charge in [0, 0.05) is 25.2 Å². The Hall–Kier alpha value is -0.380. The second-order valence-electron chi connectivity index (χ2n) is 7.65. The summed E-state index contributed by atoms with van der Waals surface area (Å²) in [4.78, 5) is 5.32. The minimum atomic E-state index is 0.767. The first-order chi connectivity index (χ1) is 10.2. The lowest BCUT2D eigenvalue weighted by atomic mass is 10.0. The van der Waals surface area contributed by atoms with Gasteiger partial charge in [-0.25, -0.2) is 0 Å². The number of hydrogen-bond donors (Lipinski definition) is 1. The molecule has 1 aliphatic carbocycles. The Morgan fingerprint density at radius 2 is 1.81 bits per heavy atom. The molecule has 0 aromatic carbocycles. The SMILES string of the molecule is CC(C)=CCN1CCC(NCC2CCN(C3CC3)C2)CC1. The zero-order valence-corrected chi connectivity index (χ0v) is 14.0. The summed E-state index contributed by atoms with van der Waals surface area (Å²) in [5.74, 6) is 0.911. The molecule has 3 fully saturated rings. The van der Waals surface area contributed by atoms with Crippen molar-refractivity contribution in [3.05, 3.63) is 11.6 Å². The predicted octanol–water partition coefficient (Wildman–Crippen LogP) is 2.49. The van der Waals surface area contributed by atoms with E-state index in [1.54, 1.807) is 0 Å². The molecule has 0 aromatic rings. The highest BCUT2D eigenvalue weighted by Crippen LogP contribution is 2.31. The van der Waals surface area contributed by atoms with Crippen molar-refractivity contribution in [2.45, 2.75) is 58.0 Å². The molecule has 2 aliphatic heterocycles. The maximum atomic E-state index is 3.86. The first kappa shape index (κ1) is 15.5. The van der Waals surface area contributed by atoms with Crippen molar-refractivity contribution in [3.63, 3.8) is 0 Å². The summed E-state index contributed by atoms with van der Waals surface area (Å²) in [6.45, 7) is 12.0. The van der Waals surface area contributed by atoms with E-state index in [1.807, 2.05) is 0 Å². The normalized spacial score (nSPS) is 29.0. The first-order valence-electron chi connectivity index (χ1n) is 9.04. The number of piperidine rings is 1. The first-order valence-corrected chi connectivity index (χ1v) is 9.04. The highest BCUT2D eigenvalue weighted by Gasteiger charge is 2.34. The van der Waals surface area contributed by atoms with Crippen LogP contribution in [0.1, 0.15) is 46.0 Å². The van der Waals surface area contributed by atoms with Gasteiger partial charge in [0.2, 0.25) is 0 Å². The standard InChI is InChI=1S/C18H33N3/c1-15(2)5-9-20-10-7-17(8-11-20)19-13-16-6-12-21(14-16)18-3-4-18/h5,16-19H,3-4,6-14H2,1-2H3. The number of nitrogens with one attached hydrogen (secondary N) is 1. The predicted molar refractivity (Wildman–Crippen MR) is 89.6 cm³/mol. The number of hydrogen-bond acceptors (Lipinski definition) is 3. The van der Waals surface area contributed by atoms with E-state index in [0.29, 0.717) is 0 Å². The van der Waals surface area contributed by atoms with Gasteiger partial charge in [0.25, 0.3) is 0 Å². The van der Waals surface area contributed by atoms with E-state index in [-0.39, 0.29) is 0 Å². The molecule has 2 saturated heterocycles. The van der Waals surface area contributed by atoms with Gasteiger partial charge in [0.05, 0.1) is 0 Å². The fraction of sp³-hybridized carbons (Fsp3) is 0.889. The minimum Gasteiger partial charge on any atom is -0.314 e. The average molecular weight is 291 g/mol. The van der Waals surface area contributed by atoms with E-state index in [9.17, 15) is 0 Å². The van der Waals surface area contributed by atoms with Crippen molar-refractivity contribution in [1.29, 1.82) is 0 Å². The van der Waals surface area contributed by atoms with Crippen molar-refractivity contribution in [2.75, 3.05) is 39.3 Å². The molecule has 0 amide bonds. The Morgan fingerprint density at radius 1 is 1.05 bits per heavy atom. The van der Waals surface area contributed by atoms with Crippen LogP contribution in [0.3, 0.4) is 0 Å². The number of likely N-dealkylation sites (tertiary alicyclic amines) is 2. The Morgan fingerprint density at radius 3 is 2.48 bits per heavy atom. The molecule has 120 valence electrons. The van der Waals surface area contributed by atoms with Crippen LogP contribution in [0.25, 0.3) is 0 Å². The van der Waals surface area contributed by atoms with Gasteiger partial charge in [0.15, 0.2) is 0 Å². The zero-order chi connectivity index (χ0) is 14.7. The molecule has 3 nitrogen and oxygen atoms in total. The van der Waals surface area contributed by atoms with Crippen LogP contribution in [0.2, 0.25) is 0 Å². The van der Waals surface area contributed by atoms with Crippen LogP contribution >= 0.6 is 0 Å². The minimum absolute atomic E-state index is 0.767. The molecule has 21 heavy (non-hydrogen) atoms. The van der Waals surface area contributed by atoms with Gasteiger partial charge in [-0.1, -0.05) is 11.6 Å². The second kappa shape index (κ2) is 7.26. The smallest absolute Gasteiger partial charge is 0.0165 e. The highest BCUT2D eigenvalue weighted by molar-refractivity contribution is 4.96. The third kappa shape index (κ3) is 4.80. The summed E-state index contributed by atoms with van der Waals surface area (Å²) in [6.07, 6.45) is 9.36. The Labute approximate surface area is 130 Å². The monoisotopic (exact) mass is 291 g/mol. The van der Waals surface area contributed by atoms with E-state index < -0.39 is 0 Å². The zero-order valence-electron chi connectivity index (χ0n) is 14.0. The topological polar surface area (TPSA) is 18.5 Å². The van der Waals surface area contributed by atoms with Crippen molar-refractivity contribution in [3.8, 4) is 0 Å². The van der Waals surface area contributed by atoms with Crippen LogP contribution in [0.4, 0.5) is 0 Å². The van der Waals surface area contributed by atoms with Crippen LogP contribution < -0.4 is 5.32 Å². The van der Waals surface area contributed by atoms with Gasteiger partial charge < -0.3 is 10.2 Å². The van der Waals surface area contributed by atoms with E-state index >= 15 is 0 Å². The lowest BCUT2D eigenvalue weighted by molar-refractivity contribution is 0.210. The van der Waals surface area contributed by atoms with Crippen molar-refractivity contribution in [2.24, 2.45) is 5.92 Å². The Balaban J connectivity index is 1.30. The molecule has 1 unspecified atom stereocenters. The molecule has 1 N–H and O–H groups in total. The summed E-state index contributed by atoms with van der Waals surface area (Å²) in [6, 6.07) is 1.73. The molecule has 0 spiro atoms. The lowest BCUT2D eigenvalue weighted by Crippen LogP contribution is -2.44. The largest absolute Gasteiger partial charge is 0.314 e. The average Bonchev–Trinajstić information content (AvgIpc) is 3.23. The lowest BCUT2D eigenvalue weighted by Gasteiger charge is -2.32. The van der Waals surface area contributed by atoms with Crippen LogP contribution in [0.5, 0.6) is 0 Å². The molecule has 2 heterocycles. The number of rotatable bonds is 6. The molecule has 1 atom stereocenters. The molecule has 0 aromatic heterocycles. The van der Waals surface area contributed by atoms with Gasteiger partial charge in [0.1, 0.15) is 0 Å². The fourth-order valence-corrected chi connectivity index (χ4v) is 3.77. The summed E-state index contributed by atoms with van der Waals surface area (Å²) < 4.78 is 0. The molecule has 3 heteroatoms. The third-order valence-corrected chi connectivity index (χ3v) is 5.42. The van der Waals surface area contributed by atoms with Crippen molar-refractivity contribution in [1.82, 2.24) is 15.1 Å². The van der Waals surface area contributed by atoms with Crippen LogP contribution in [0.15, 0.2) is 11.6 Å². The maximum absolute atomic E-state index is 3.86. The summed E-state index contributed by atoms with van der Waals surface area (Å²) >= 11 is 0. The van der Waals surface area contributed by atoms with Crippen LogP contribution in [-0.4, -0.2) is 61.2 Å². The van der Waals surface area contributed by atoms with Gasteiger partial charge in [-0.3, -0.25) is 4.90 Å². The molecule has 0 radical (unpaired) electrons. The molecule has 3 rings (SSSR count). The van der Waals surface area contributed by atoms with Crippen molar-refractivity contribution >= 4 is 0 Å². The van der Waals surface area contributed by atoms with Crippen molar-refractivity contribution < 1.29 is 0 Å². The molecule has 1 saturated carbocycles. The van der Waals surface area contributed by atoms with E-state index in [2.05, 4.69) is 35.0 Å². The summed E-state index contributed by atoms with van der Waals surface area (Å²) in [5.41, 5.74) is 1.44. The van der Waals surface area contributed by atoms with Gasteiger partial charge in [-0.05, 0) is 78.0 Å². The quantitative estimate of drug-likeness (QED) is 0.759. The fourth-order valence-electron chi connectivity index (χ4n) is 3.77. The number of allylic oxidation sites excluding steroid dienone is 1. The van der Waals surface area contributed by atoms with Gasteiger partial charge >= 0.3 is 0 Å². The molecular formula is C18H33N3. The van der Waals surface area contributed by atoms with E-state index in [4.69, 9.17) is 0 Å². The van der Waals surface area contributed by atoms with Gasteiger partial charge in [-0.15, -0.1) is 0 Å². The maximum Gasteiger partial charge on any atom is 0.0165 e. The Kier molecular flexibility index (Phi) is 5.36. The summed E-state index contributed by atoms with van der Waals surface area (Å²) in [7, 11) is 0. The highest BCUT2D eigenvalue weighted by atomic mass is 15.2. The van der Waals surface area contributed by atoms with Crippen LogP contribution in [-0.2, 0) is 0 Å². The molecule has 0 bridgehead atoms. The second-order valence-corrected chi connectivity index (χ2v) is 7.65. The molecule has 3 aliphatic rings. The Bertz CT molecular complexity index is 349. The molecular weight excluding hydrogens is 258 g/mol. The van der Waals surface area contributed by atoms with Gasteiger partial charge in [-0.2, -0.15) is 0 Å². The van der Waals surface area contributed by atoms with E-state index in [1.165, 1.54) is 70.4 Å². The van der Waals surface area contributed by atoms with Crippen LogP contribution in [0, 0.1) is 5.92 Å². The summed E-state index contributed by atoms with van der Waals surface area (Å²) in [5, 5.41) is 3.86.